The van der Waals surface area contributed by atoms with Crippen molar-refractivity contribution in [3.8, 4) is 0 Å². The van der Waals surface area contributed by atoms with Crippen molar-refractivity contribution >= 4 is 17.3 Å². The molecule has 4 heteroatoms. The minimum absolute atomic E-state index is 0.293. The molecule has 2 rings (SSSR count). The first kappa shape index (κ1) is 12.6. The Morgan fingerprint density at radius 3 is 2.53 bits per heavy atom. The van der Waals surface area contributed by atoms with E-state index in [9.17, 15) is 4.79 Å². The summed E-state index contributed by atoms with van der Waals surface area (Å²) in [6.45, 7) is 9.30. The minimum Gasteiger partial charge on any atom is -0.458 e. The van der Waals surface area contributed by atoms with Gasteiger partial charge in [0.2, 0.25) is 0 Å². The van der Waals surface area contributed by atoms with Gasteiger partial charge in [-0.05, 0) is 57.0 Å². The van der Waals surface area contributed by atoms with Crippen LogP contribution >= 0.6 is 11.3 Å². The Labute approximate surface area is 106 Å². The number of thiophene rings is 1. The summed E-state index contributed by atoms with van der Waals surface area (Å²) in [6.07, 6.45) is 0. The van der Waals surface area contributed by atoms with Crippen molar-refractivity contribution in [2.45, 2.75) is 51.4 Å². The number of carbonyl (C=O) groups is 1. The number of esters is 1. The van der Waals surface area contributed by atoms with Gasteiger partial charge in [0.15, 0.2) is 5.60 Å². The monoisotopic (exact) mass is 254 g/mol. The normalized spacial score (nSPS) is 32.3. The standard InChI is InChI=1S/C13H18O3S/c1-11(2,3)15-10(14)13(5)12(4,16-13)9-6-7-17-8-9/h6-8H,1-5H3/t12-,13+/m0/s1. The third-order valence-corrected chi connectivity index (χ3v) is 3.82. The van der Waals surface area contributed by atoms with Crippen LogP contribution in [0.4, 0.5) is 0 Å². The Morgan fingerprint density at radius 2 is 2.06 bits per heavy atom. The molecule has 1 aliphatic rings. The highest BCUT2D eigenvalue weighted by Crippen LogP contribution is 2.56. The van der Waals surface area contributed by atoms with Crippen LogP contribution in [0.2, 0.25) is 0 Å². The largest absolute Gasteiger partial charge is 0.458 e. The third kappa shape index (κ3) is 2.00. The fourth-order valence-electron chi connectivity index (χ4n) is 1.86. The Hall–Kier alpha value is -0.870. The van der Waals surface area contributed by atoms with Crippen LogP contribution in [-0.4, -0.2) is 17.2 Å². The number of rotatable bonds is 2. The molecule has 1 fully saturated rings. The number of carbonyl (C=O) groups excluding carboxylic acids is 1. The Balaban J connectivity index is 2.17. The molecule has 0 aromatic carbocycles. The van der Waals surface area contributed by atoms with E-state index in [1.54, 1.807) is 18.3 Å². The molecular weight excluding hydrogens is 236 g/mol. The average molecular weight is 254 g/mol. The topological polar surface area (TPSA) is 38.8 Å². The van der Waals surface area contributed by atoms with Crippen molar-refractivity contribution in [3.05, 3.63) is 22.4 Å². The fourth-order valence-corrected chi connectivity index (χ4v) is 2.62. The van der Waals surface area contributed by atoms with Crippen molar-refractivity contribution < 1.29 is 14.3 Å². The molecule has 0 bridgehead atoms. The lowest BCUT2D eigenvalue weighted by molar-refractivity contribution is -0.160. The number of ether oxygens (including phenoxy) is 2. The van der Waals surface area contributed by atoms with Gasteiger partial charge in [0.05, 0.1) is 0 Å². The zero-order valence-corrected chi connectivity index (χ0v) is 11.7. The van der Waals surface area contributed by atoms with Crippen LogP contribution in [0.25, 0.3) is 0 Å². The molecule has 1 aromatic rings. The minimum atomic E-state index is -0.860. The molecule has 1 aromatic heterocycles. The summed E-state index contributed by atoms with van der Waals surface area (Å²) in [5.74, 6) is -0.293. The summed E-state index contributed by atoms with van der Waals surface area (Å²) in [7, 11) is 0. The predicted molar refractivity (Wildman–Crippen MR) is 67.0 cm³/mol. The van der Waals surface area contributed by atoms with E-state index in [4.69, 9.17) is 9.47 Å². The second-order valence-electron chi connectivity index (χ2n) is 5.68. The highest BCUT2D eigenvalue weighted by atomic mass is 32.1. The summed E-state index contributed by atoms with van der Waals surface area (Å²) in [5.41, 5.74) is -0.853. The van der Waals surface area contributed by atoms with Gasteiger partial charge in [-0.1, -0.05) is 0 Å². The van der Waals surface area contributed by atoms with E-state index in [0.717, 1.165) is 5.56 Å². The van der Waals surface area contributed by atoms with E-state index >= 15 is 0 Å². The first-order valence-corrected chi connectivity index (χ1v) is 6.60. The van der Waals surface area contributed by atoms with Crippen molar-refractivity contribution in [1.82, 2.24) is 0 Å². The summed E-state index contributed by atoms with van der Waals surface area (Å²) in [5, 5.41) is 3.99. The second-order valence-corrected chi connectivity index (χ2v) is 6.46. The van der Waals surface area contributed by atoms with E-state index < -0.39 is 16.8 Å². The zero-order chi connectivity index (χ0) is 12.9. The Bertz CT molecular complexity index is 432. The number of hydrogen-bond donors (Lipinski definition) is 0. The van der Waals surface area contributed by atoms with Gasteiger partial charge in [-0.2, -0.15) is 11.3 Å². The molecule has 0 radical (unpaired) electrons. The average Bonchev–Trinajstić information content (AvgIpc) is 2.64. The molecule has 0 aliphatic carbocycles. The van der Waals surface area contributed by atoms with Gasteiger partial charge in [-0.25, -0.2) is 4.79 Å². The van der Waals surface area contributed by atoms with Gasteiger partial charge < -0.3 is 9.47 Å². The van der Waals surface area contributed by atoms with Crippen LogP contribution in [0.3, 0.4) is 0 Å². The molecule has 94 valence electrons. The Morgan fingerprint density at radius 1 is 1.41 bits per heavy atom. The van der Waals surface area contributed by atoms with Crippen molar-refractivity contribution in [3.63, 3.8) is 0 Å². The lowest BCUT2D eigenvalue weighted by Crippen LogP contribution is -2.35. The van der Waals surface area contributed by atoms with E-state index in [1.165, 1.54) is 0 Å². The van der Waals surface area contributed by atoms with Gasteiger partial charge in [0.25, 0.3) is 0 Å². The van der Waals surface area contributed by atoms with Crippen LogP contribution in [0.1, 0.15) is 40.2 Å². The van der Waals surface area contributed by atoms with Crippen LogP contribution in [0.15, 0.2) is 16.8 Å². The van der Waals surface area contributed by atoms with Crippen LogP contribution < -0.4 is 0 Å². The molecule has 0 spiro atoms. The molecule has 0 saturated carbocycles. The summed E-state index contributed by atoms with van der Waals surface area (Å²) in [6, 6.07) is 1.99. The van der Waals surface area contributed by atoms with Crippen LogP contribution in [-0.2, 0) is 19.9 Å². The van der Waals surface area contributed by atoms with Gasteiger partial charge in [0.1, 0.15) is 11.2 Å². The summed E-state index contributed by atoms with van der Waals surface area (Å²) < 4.78 is 11.1. The molecule has 0 N–H and O–H groups in total. The van der Waals surface area contributed by atoms with E-state index in [2.05, 4.69) is 0 Å². The third-order valence-electron chi connectivity index (χ3n) is 3.14. The number of epoxide rings is 1. The Kier molecular flexibility index (Phi) is 2.64. The van der Waals surface area contributed by atoms with Gasteiger partial charge in [-0.3, -0.25) is 0 Å². The number of hydrogen-bond acceptors (Lipinski definition) is 4. The molecule has 2 atom stereocenters. The SMILES string of the molecule is CC(C)(C)OC(=O)[C@@]1(C)O[C@@]1(C)c1ccsc1. The molecule has 1 aliphatic heterocycles. The molecule has 0 amide bonds. The van der Waals surface area contributed by atoms with Crippen LogP contribution in [0, 0.1) is 0 Å². The highest BCUT2D eigenvalue weighted by molar-refractivity contribution is 7.08. The van der Waals surface area contributed by atoms with Gasteiger partial charge in [-0.15, -0.1) is 0 Å². The maximum atomic E-state index is 12.1. The molecule has 17 heavy (non-hydrogen) atoms. The smallest absolute Gasteiger partial charge is 0.342 e. The van der Waals surface area contributed by atoms with Gasteiger partial charge >= 0.3 is 5.97 Å². The first-order chi connectivity index (χ1) is 7.69. The van der Waals surface area contributed by atoms with Gasteiger partial charge in [0, 0.05) is 0 Å². The zero-order valence-electron chi connectivity index (χ0n) is 10.9. The van der Waals surface area contributed by atoms with Crippen molar-refractivity contribution in [2.24, 2.45) is 0 Å². The molecule has 2 heterocycles. The van der Waals surface area contributed by atoms with Crippen LogP contribution in [0.5, 0.6) is 0 Å². The first-order valence-electron chi connectivity index (χ1n) is 5.65. The molecule has 3 nitrogen and oxygen atoms in total. The van der Waals surface area contributed by atoms with E-state index in [1.807, 2.05) is 44.5 Å². The lowest BCUT2D eigenvalue weighted by atomic mass is 9.90. The quantitative estimate of drug-likeness (QED) is 0.601. The highest BCUT2D eigenvalue weighted by Gasteiger charge is 2.71. The lowest BCUT2D eigenvalue weighted by Gasteiger charge is -2.22. The maximum Gasteiger partial charge on any atom is 0.342 e. The molecule has 0 unspecified atom stereocenters. The summed E-state index contributed by atoms with van der Waals surface area (Å²) in [4.78, 5) is 12.1. The van der Waals surface area contributed by atoms with E-state index in [-0.39, 0.29) is 5.97 Å². The van der Waals surface area contributed by atoms with Crippen molar-refractivity contribution in [2.75, 3.05) is 0 Å². The second kappa shape index (κ2) is 3.56. The van der Waals surface area contributed by atoms with E-state index in [0.29, 0.717) is 0 Å². The summed E-state index contributed by atoms with van der Waals surface area (Å²) >= 11 is 1.60. The maximum absolute atomic E-state index is 12.1. The molecule has 1 saturated heterocycles. The predicted octanol–water partition coefficient (Wildman–Crippen LogP) is 3.09. The van der Waals surface area contributed by atoms with Crippen molar-refractivity contribution in [1.29, 1.82) is 0 Å². The molecular formula is C13H18O3S. The fraction of sp³-hybridized carbons (Fsp3) is 0.615.